The van der Waals surface area contributed by atoms with Gasteiger partial charge < -0.3 is 14.7 Å². The van der Waals surface area contributed by atoms with Crippen LogP contribution in [0.3, 0.4) is 0 Å². The summed E-state index contributed by atoms with van der Waals surface area (Å²) in [4.78, 5) is 15.9. The maximum Gasteiger partial charge on any atom is 0.433 e. The molecule has 2 heterocycles. The second-order valence-electron chi connectivity index (χ2n) is 6.77. The van der Waals surface area contributed by atoms with Crippen molar-refractivity contribution in [1.82, 2.24) is 9.88 Å². The van der Waals surface area contributed by atoms with E-state index in [9.17, 15) is 18.0 Å². The first-order chi connectivity index (χ1) is 11.2. The molecule has 1 saturated carbocycles. The van der Waals surface area contributed by atoms with Crippen LogP contribution in [-0.2, 0) is 6.18 Å². The summed E-state index contributed by atoms with van der Waals surface area (Å²) in [6, 6.07) is 2.83. The van der Waals surface area contributed by atoms with E-state index in [4.69, 9.17) is 9.84 Å². The highest BCUT2D eigenvalue weighted by atomic mass is 19.4. The van der Waals surface area contributed by atoms with Crippen molar-refractivity contribution in [2.24, 2.45) is 5.41 Å². The van der Waals surface area contributed by atoms with E-state index in [-0.39, 0.29) is 23.0 Å². The Labute approximate surface area is 137 Å². The van der Waals surface area contributed by atoms with Gasteiger partial charge in [-0.15, -0.1) is 0 Å². The molecule has 3 rings (SSSR count). The van der Waals surface area contributed by atoms with E-state index in [0.29, 0.717) is 25.9 Å². The molecule has 0 unspecified atom stereocenters. The Kier molecular flexibility index (Phi) is 4.09. The van der Waals surface area contributed by atoms with Crippen LogP contribution in [0.25, 0.3) is 0 Å². The van der Waals surface area contributed by atoms with Crippen LogP contribution in [0.4, 0.5) is 18.0 Å². The van der Waals surface area contributed by atoms with Gasteiger partial charge in [0.1, 0.15) is 6.10 Å². The third kappa shape index (κ3) is 3.27. The average molecular weight is 344 g/mol. The molecule has 1 N–H and O–H groups in total. The fourth-order valence-electron chi connectivity index (χ4n) is 3.57. The second-order valence-corrected chi connectivity index (χ2v) is 6.77. The Morgan fingerprint density at radius 3 is 2.50 bits per heavy atom. The number of halogens is 3. The van der Waals surface area contributed by atoms with Crippen molar-refractivity contribution in [3.05, 3.63) is 23.4 Å². The normalized spacial score (nSPS) is 20.8. The van der Waals surface area contributed by atoms with E-state index in [2.05, 4.69) is 4.98 Å². The first-order valence-corrected chi connectivity index (χ1v) is 7.88. The molecule has 8 heteroatoms. The van der Waals surface area contributed by atoms with Crippen LogP contribution >= 0.6 is 0 Å². The van der Waals surface area contributed by atoms with Crippen LogP contribution < -0.4 is 4.74 Å². The molecule has 0 radical (unpaired) electrons. The van der Waals surface area contributed by atoms with Gasteiger partial charge in [-0.1, -0.05) is 6.07 Å². The van der Waals surface area contributed by atoms with Crippen molar-refractivity contribution < 1.29 is 27.8 Å². The topological polar surface area (TPSA) is 62.7 Å². The number of hydrogen-bond donors (Lipinski definition) is 1. The van der Waals surface area contributed by atoms with Gasteiger partial charge in [0.25, 0.3) is 0 Å². The Morgan fingerprint density at radius 2 is 1.96 bits per heavy atom. The first-order valence-electron chi connectivity index (χ1n) is 7.88. The number of alkyl halides is 3. The molecule has 24 heavy (non-hydrogen) atoms. The van der Waals surface area contributed by atoms with Gasteiger partial charge in [-0.2, -0.15) is 13.2 Å². The molecule has 0 aromatic carbocycles. The summed E-state index contributed by atoms with van der Waals surface area (Å²) >= 11 is 0. The van der Waals surface area contributed by atoms with Crippen LogP contribution in [0.1, 0.15) is 36.9 Å². The minimum absolute atomic E-state index is 0.00496. The van der Waals surface area contributed by atoms with Crippen molar-refractivity contribution >= 4 is 6.09 Å². The van der Waals surface area contributed by atoms with E-state index in [0.717, 1.165) is 12.8 Å². The molecule has 1 aromatic rings. The number of likely N-dealkylation sites (tertiary alicyclic amines) is 1. The van der Waals surface area contributed by atoms with Gasteiger partial charge in [0.15, 0.2) is 5.69 Å². The van der Waals surface area contributed by atoms with Crippen molar-refractivity contribution in [2.75, 3.05) is 13.1 Å². The lowest BCUT2D eigenvalue weighted by Gasteiger charge is -2.52. The number of nitrogens with zero attached hydrogens (tertiary/aromatic N) is 2. The van der Waals surface area contributed by atoms with Gasteiger partial charge in [0.05, 0.1) is 0 Å². The smallest absolute Gasteiger partial charge is 0.433 e. The number of rotatable bonds is 2. The zero-order chi connectivity index (χ0) is 17.5. The predicted octanol–water partition coefficient (Wildman–Crippen LogP) is 3.71. The molecule has 2 fully saturated rings. The largest absolute Gasteiger partial charge is 0.474 e. The van der Waals surface area contributed by atoms with Crippen LogP contribution in [0.15, 0.2) is 12.1 Å². The fourth-order valence-corrected chi connectivity index (χ4v) is 3.57. The monoisotopic (exact) mass is 344 g/mol. The van der Waals surface area contributed by atoms with Crippen molar-refractivity contribution in [3.8, 4) is 5.88 Å². The summed E-state index contributed by atoms with van der Waals surface area (Å²) < 4.78 is 44.3. The number of ether oxygens (including phenoxy) is 1. The number of pyridine rings is 1. The Hall–Kier alpha value is -1.99. The highest BCUT2D eigenvalue weighted by molar-refractivity contribution is 5.66. The average Bonchev–Trinajstić information content (AvgIpc) is 2.46. The molecule has 0 atom stereocenters. The summed E-state index contributed by atoms with van der Waals surface area (Å²) in [7, 11) is 0. The van der Waals surface area contributed by atoms with E-state index in [1.54, 1.807) is 0 Å². The maximum absolute atomic E-state index is 12.9. The van der Waals surface area contributed by atoms with Crippen LogP contribution in [-0.4, -0.2) is 40.3 Å². The predicted molar refractivity (Wildman–Crippen MR) is 78.9 cm³/mol. The minimum atomic E-state index is -4.49. The Bertz CT molecular complexity index is 632. The summed E-state index contributed by atoms with van der Waals surface area (Å²) in [5, 5.41) is 8.91. The van der Waals surface area contributed by atoms with Gasteiger partial charge in [-0.3, -0.25) is 0 Å². The Balaban J connectivity index is 1.58. The summed E-state index contributed by atoms with van der Waals surface area (Å²) in [5.74, 6) is -0.00496. The number of aromatic nitrogens is 1. The standard InChI is InChI=1S/C16H19F3N2O3/c1-10-2-3-12(20-13(10)16(17,18)19)24-11-4-6-15(7-5-11)8-21(9-15)14(22)23/h2-3,11H,4-9H2,1H3,(H,22,23). The summed E-state index contributed by atoms with van der Waals surface area (Å²) in [5.41, 5.74) is -0.820. The van der Waals surface area contributed by atoms with Crippen LogP contribution in [0.2, 0.25) is 0 Å². The quantitative estimate of drug-likeness (QED) is 0.888. The molecular formula is C16H19F3N2O3. The van der Waals surface area contributed by atoms with E-state index < -0.39 is 18.0 Å². The van der Waals surface area contributed by atoms with Gasteiger partial charge in [0, 0.05) is 24.6 Å². The molecular weight excluding hydrogens is 325 g/mol. The molecule has 1 amide bonds. The third-order valence-corrected chi connectivity index (χ3v) is 4.94. The van der Waals surface area contributed by atoms with Gasteiger partial charge in [0.2, 0.25) is 5.88 Å². The molecule has 1 aromatic heterocycles. The molecule has 132 valence electrons. The van der Waals surface area contributed by atoms with Crippen molar-refractivity contribution in [2.45, 2.75) is 44.9 Å². The van der Waals surface area contributed by atoms with Gasteiger partial charge >= 0.3 is 12.3 Å². The molecule has 1 saturated heterocycles. The first kappa shape index (κ1) is 16.9. The highest BCUT2D eigenvalue weighted by Gasteiger charge is 2.47. The lowest BCUT2D eigenvalue weighted by Crippen LogP contribution is -2.59. The zero-order valence-electron chi connectivity index (χ0n) is 13.3. The molecule has 1 spiro atoms. The number of hydrogen-bond acceptors (Lipinski definition) is 3. The van der Waals surface area contributed by atoms with E-state index >= 15 is 0 Å². The van der Waals surface area contributed by atoms with Gasteiger partial charge in [-0.25, -0.2) is 9.78 Å². The SMILES string of the molecule is Cc1ccc(OC2CCC3(CC2)CN(C(=O)O)C3)nc1C(F)(F)F. The number of carboxylic acid groups (broad SMARTS) is 1. The van der Waals surface area contributed by atoms with Crippen LogP contribution in [0, 0.1) is 12.3 Å². The molecule has 0 bridgehead atoms. The summed E-state index contributed by atoms with van der Waals surface area (Å²) in [6.07, 6.45) is -2.53. The number of carbonyl (C=O) groups is 1. The van der Waals surface area contributed by atoms with E-state index in [1.165, 1.54) is 24.0 Å². The fraction of sp³-hybridized carbons (Fsp3) is 0.625. The Morgan fingerprint density at radius 1 is 1.33 bits per heavy atom. The van der Waals surface area contributed by atoms with Crippen LogP contribution in [0.5, 0.6) is 5.88 Å². The maximum atomic E-state index is 12.9. The van der Waals surface area contributed by atoms with Crippen molar-refractivity contribution in [3.63, 3.8) is 0 Å². The highest BCUT2D eigenvalue weighted by Crippen LogP contribution is 2.44. The second kappa shape index (κ2) is 5.82. The molecule has 1 aliphatic carbocycles. The lowest BCUT2D eigenvalue weighted by atomic mass is 9.68. The lowest BCUT2D eigenvalue weighted by molar-refractivity contribution is -0.142. The molecule has 5 nitrogen and oxygen atoms in total. The van der Waals surface area contributed by atoms with Crippen molar-refractivity contribution in [1.29, 1.82) is 0 Å². The zero-order valence-corrected chi connectivity index (χ0v) is 13.3. The molecule has 1 aliphatic heterocycles. The minimum Gasteiger partial charge on any atom is -0.474 e. The van der Waals surface area contributed by atoms with E-state index in [1.807, 2.05) is 0 Å². The third-order valence-electron chi connectivity index (χ3n) is 4.94. The van der Waals surface area contributed by atoms with Gasteiger partial charge in [-0.05, 0) is 38.2 Å². The molecule has 2 aliphatic rings. The number of aryl methyl sites for hydroxylation is 1. The summed E-state index contributed by atoms with van der Waals surface area (Å²) in [6.45, 7) is 2.45. The number of amides is 1.